The van der Waals surface area contributed by atoms with Gasteiger partial charge in [0.1, 0.15) is 24.7 Å². The van der Waals surface area contributed by atoms with Gasteiger partial charge in [-0.05, 0) is 20.0 Å². The Hall–Kier alpha value is -1.01. The number of aryl methyl sites for hydroxylation is 1. The summed E-state index contributed by atoms with van der Waals surface area (Å²) in [5.74, 6) is 1.10. The second-order valence-corrected chi connectivity index (χ2v) is 3.43. The Kier molecular flexibility index (Phi) is 4.37. The number of hydrogen-bond donors (Lipinski definition) is 1. The Balaban J connectivity index is 2.46. The average molecular weight is 237 g/mol. The Bertz CT molecular complexity index is 333. The molecule has 1 aromatic heterocycles. The summed E-state index contributed by atoms with van der Waals surface area (Å²) >= 11 is 0. The molecule has 1 rings (SSSR count). The van der Waals surface area contributed by atoms with Gasteiger partial charge in [-0.25, -0.2) is 0 Å². The predicted octanol–water partition coefficient (Wildman–Crippen LogP) is 2.39. The fourth-order valence-electron chi connectivity index (χ4n) is 1.29. The molecule has 0 fully saturated rings. The maximum absolute atomic E-state index is 11.8. The van der Waals surface area contributed by atoms with Crippen LogP contribution in [0.3, 0.4) is 0 Å². The van der Waals surface area contributed by atoms with Gasteiger partial charge in [0.25, 0.3) is 0 Å². The van der Waals surface area contributed by atoms with E-state index >= 15 is 0 Å². The number of rotatable bonds is 5. The average Bonchev–Trinajstić information content (AvgIpc) is 2.46. The van der Waals surface area contributed by atoms with Gasteiger partial charge in [0.2, 0.25) is 0 Å². The zero-order valence-corrected chi connectivity index (χ0v) is 9.15. The van der Waals surface area contributed by atoms with Crippen molar-refractivity contribution >= 4 is 0 Å². The van der Waals surface area contributed by atoms with Crippen LogP contribution in [-0.4, -0.2) is 19.8 Å². The number of nitrogens with one attached hydrogen (secondary N) is 1. The number of furan rings is 1. The molecule has 0 amide bonds. The molecule has 0 bridgehead atoms. The van der Waals surface area contributed by atoms with Crippen LogP contribution in [-0.2, 0) is 17.9 Å². The van der Waals surface area contributed by atoms with Gasteiger partial charge in [0.05, 0.1) is 0 Å². The summed E-state index contributed by atoms with van der Waals surface area (Å²) in [5, 5.41) is 2.94. The number of ether oxygens (including phenoxy) is 1. The SMILES string of the molecule is CNCc1cc(COCC(F)(F)F)oc1C. The third kappa shape index (κ3) is 4.24. The van der Waals surface area contributed by atoms with Gasteiger partial charge >= 0.3 is 6.18 Å². The van der Waals surface area contributed by atoms with Gasteiger partial charge in [-0.1, -0.05) is 0 Å². The largest absolute Gasteiger partial charge is 0.464 e. The number of alkyl halides is 3. The molecule has 0 saturated carbocycles. The minimum atomic E-state index is -4.30. The van der Waals surface area contributed by atoms with Crippen molar-refractivity contribution in [2.75, 3.05) is 13.7 Å². The molecule has 0 spiro atoms. The highest BCUT2D eigenvalue weighted by Gasteiger charge is 2.27. The van der Waals surface area contributed by atoms with Crippen LogP contribution in [0.5, 0.6) is 0 Å². The summed E-state index contributed by atoms with van der Waals surface area (Å²) in [4.78, 5) is 0. The van der Waals surface area contributed by atoms with Crippen molar-refractivity contribution in [3.05, 3.63) is 23.2 Å². The number of halogens is 3. The molecule has 1 heterocycles. The molecule has 0 saturated heterocycles. The van der Waals surface area contributed by atoms with E-state index in [1.54, 1.807) is 20.0 Å². The third-order valence-electron chi connectivity index (χ3n) is 1.95. The van der Waals surface area contributed by atoms with Gasteiger partial charge in [0.15, 0.2) is 0 Å². The fraction of sp³-hybridized carbons (Fsp3) is 0.600. The monoisotopic (exact) mass is 237 g/mol. The highest BCUT2D eigenvalue weighted by Crippen LogP contribution is 2.18. The van der Waals surface area contributed by atoms with Crippen LogP contribution in [0.25, 0.3) is 0 Å². The summed E-state index contributed by atoms with van der Waals surface area (Å²) in [6.45, 7) is 0.965. The maximum Gasteiger partial charge on any atom is 0.411 e. The van der Waals surface area contributed by atoms with E-state index in [1.165, 1.54) is 0 Å². The molecular weight excluding hydrogens is 223 g/mol. The van der Waals surface area contributed by atoms with E-state index in [0.717, 1.165) is 5.56 Å². The summed E-state index contributed by atoms with van der Waals surface area (Å²) in [6.07, 6.45) is -4.30. The zero-order valence-electron chi connectivity index (χ0n) is 9.15. The van der Waals surface area contributed by atoms with E-state index in [-0.39, 0.29) is 6.61 Å². The first-order chi connectivity index (χ1) is 7.42. The van der Waals surface area contributed by atoms with E-state index in [2.05, 4.69) is 10.1 Å². The molecule has 92 valence electrons. The van der Waals surface area contributed by atoms with Crippen LogP contribution < -0.4 is 5.32 Å². The van der Waals surface area contributed by atoms with Crippen molar-refractivity contribution in [2.45, 2.75) is 26.3 Å². The van der Waals surface area contributed by atoms with E-state index in [4.69, 9.17) is 4.42 Å². The van der Waals surface area contributed by atoms with Crippen LogP contribution >= 0.6 is 0 Å². The summed E-state index contributed by atoms with van der Waals surface area (Å²) < 4.78 is 45.1. The minimum absolute atomic E-state index is 0.163. The first kappa shape index (κ1) is 13.1. The molecule has 1 N–H and O–H groups in total. The van der Waals surface area contributed by atoms with Crippen molar-refractivity contribution in [1.29, 1.82) is 0 Å². The Morgan fingerprint density at radius 3 is 2.69 bits per heavy atom. The molecule has 16 heavy (non-hydrogen) atoms. The van der Waals surface area contributed by atoms with Gasteiger partial charge in [-0.15, -0.1) is 0 Å². The molecule has 0 aliphatic rings. The Labute approximate surface area is 91.6 Å². The van der Waals surface area contributed by atoms with Crippen LogP contribution in [0.4, 0.5) is 13.2 Å². The maximum atomic E-state index is 11.8. The van der Waals surface area contributed by atoms with Crippen molar-refractivity contribution in [1.82, 2.24) is 5.32 Å². The van der Waals surface area contributed by atoms with Gasteiger partial charge in [-0.2, -0.15) is 13.2 Å². The van der Waals surface area contributed by atoms with Gasteiger partial charge in [0, 0.05) is 12.1 Å². The fourth-order valence-corrected chi connectivity index (χ4v) is 1.29. The first-order valence-electron chi connectivity index (χ1n) is 4.79. The second kappa shape index (κ2) is 5.36. The van der Waals surface area contributed by atoms with Crippen LogP contribution in [0.15, 0.2) is 10.5 Å². The molecule has 0 radical (unpaired) electrons. The highest BCUT2D eigenvalue weighted by molar-refractivity contribution is 5.20. The normalized spacial score (nSPS) is 12.1. The third-order valence-corrected chi connectivity index (χ3v) is 1.95. The standard InChI is InChI=1S/C10H14F3NO2/c1-7-8(4-14-2)3-9(16-7)5-15-6-10(11,12)13/h3,14H,4-6H2,1-2H3. The summed E-state index contributed by atoms with van der Waals surface area (Å²) in [7, 11) is 1.78. The van der Waals surface area contributed by atoms with E-state index in [9.17, 15) is 13.2 Å². The molecule has 0 atom stereocenters. The molecule has 0 aliphatic carbocycles. The van der Waals surface area contributed by atoms with Gasteiger partial charge < -0.3 is 14.5 Å². The van der Waals surface area contributed by atoms with Crippen LogP contribution in [0.1, 0.15) is 17.1 Å². The van der Waals surface area contributed by atoms with Crippen molar-refractivity contribution in [2.24, 2.45) is 0 Å². The molecular formula is C10H14F3NO2. The molecule has 0 unspecified atom stereocenters. The Morgan fingerprint density at radius 2 is 2.12 bits per heavy atom. The van der Waals surface area contributed by atoms with Crippen molar-refractivity contribution in [3.8, 4) is 0 Å². The van der Waals surface area contributed by atoms with Crippen LogP contribution in [0.2, 0.25) is 0 Å². The van der Waals surface area contributed by atoms with Crippen LogP contribution in [0, 0.1) is 6.92 Å². The van der Waals surface area contributed by atoms with Crippen molar-refractivity contribution in [3.63, 3.8) is 0 Å². The topological polar surface area (TPSA) is 34.4 Å². The smallest absolute Gasteiger partial charge is 0.411 e. The van der Waals surface area contributed by atoms with E-state index in [1.807, 2.05) is 0 Å². The highest BCUT2D eigenvalue weighted by atomic mass is 19.4. The first-order valence-corrected chi connectivity index (χ1v) is 4.79. The molecule has 0 aromatic carbocycles. The lowest BCUT2D eigenvalue weighted by Gasteiger charge is -2.05. The van der Waals surface area contributed by atoms with E-state index < -0.39 is 12.8 Å². The predicted molar refractivity (Wildman–Crippen MR) is 51.9 cm³/mol. The van der Waals surface area contributed by atoms with Gasteiger partial charge in [-0.3, -0.25) is 0 Å². The molecule has 0 aliphatic heterocycles. The quantitative estimate of drug-likeness (QED) is 0.853. The lowest BCUT2D eigenvalue weighted by molar-refractivity contribution is -0.177. The zero-order chi connectivity index (χ0) is 12.2. The number of hydrogen-bond acceptors (Lipinski definition) is 3. The lowest BCUT2D eigenvalue weighted by Crippen LogP contribution is -2.16. The Morgan fingerprint density at radius 1 is 1.44 bits per heavy atom. The van der Waals surface area contributed by atoms with E-state index in [0.29, 0.717) is 18.1 Å². The summed E-state index contributed by atoms with van der Waals surface area (Å²) in [6, 6.07) is 1.70. The molecule has 3 nitrogen and oxygen atoms in total. The lowest BCUT2D eigenvalue weighted by atomic mass is 10.2. The molecule has 1 aromatic rings. The summed E-state index contributed by atoms with van der Waals surface area (Å²) in [5.41, 5.74) is 0.924. The second-order valence-electron chi connectivity index (χ2n) is 3.43. The minimum Gasteiger partial charge on any atom is -0.464 e. The van der Waals surface area contributed by atoms with Crippen molar-refractivity contribution < 1.29 is 22.3 Å². The molecule has 6 heteroatoms.